The molecule has 0 aliphatic heterocycles. The number of allylic oxidation sites excluding steroid dienone is 1. The molecule has 1 aromatic heterocycles. The third-order valence-corrected chi connectivity index (χ3v) is 7.47. The fourth-order valence-electron chi connectivity index (χ4n) is 1.40. The van der Waals surface area contributed by atoms with E-state index in [1.807, 2.05) is 11.3 Å². The molecular weight excluding hydrogens is 218 g/mol. The maximum atomic E-state index is 8.41. The van der Waals surface area contributed by atoms with Crippen LogP contribution in [0.5, 0.6) is 0 Å². The van der Waals surface area contributed by atoms with Gasteiger partial charge in [-0.2, -0.15) is 16.6 Å². The van der Waals surface area contributed by atoms with Crippen molar-refractivity contribution in [1.29, 1.82) is 5.26 Å². The molecule has 80 valence electrons. The summed E-state index contributed by atoms with van der Waals surface area (Å²) in [6, 6.07) is 6.53. The zero-order valence-corrected chi connectivity index (χ0v) is 11.2. The number of nitriles is 1. The first-order valence-electron chi connectivity index (χ1n) is 5.25. The first-order chi connectivity index (χ1) is 7.17. The third kappa shape index (κ3) is 4.02. The van der Waals surface area contributed by atoms with Gasteiger partial charge in [-0.3, -0.25) is 0 Å². The molecule has 3 heteroatoms. The Morgan fingerprint density at radius 2 is 2.33 bits per heavy atom. The lowest BCUT2D eigenvalue weighted by molar-refractivity contribution is 0.877. The molecule has 0 aliphatic rings. The van der Waals surface area contributed by atoms with Crippen LogP contribution in [0.15, 0.2) is 29.3 Å². The first kappa shape index (κ1) is 12.2. The van der Waals surface area contributed by atoms with Gasteiger partial charge in [-0.1, -0.05) is 37.0 Å². The monoisotopic (exact) mass is 235 g/mol. The zero-order valence-electron chi connectivity index (χ0n) is 9.36. The highest BCUT2D eigenvalue weighted by Gasteiger charge is 2.20. The third-order valence-electron chi connectivity index (χ3n) is 2.35. The minimum absolute atomic E-state index is 0.672. The van der Waals surface area contributed by atoms with Crippen LogP contribution < -0.4 is 4.50 Å². The van der Waals surface area contributed by atoms with Gasteiger partial charge in [0, 0.05) is 6.42 Å². The molecule has 1 aromatic rings. The van der Waals surface area contributed by atoms with E-state index in [-0.39, 0.29) is 0 Å². The molecule has 0 saturated carbocycles. The van der Waals surface area contributed by atoms with Crippen molar-refractivity contribution in [3.63, 3.8) is 0 Å². The van der Waals surface area contributed by atoms with Crippen molar-refractivity contribution in [2.75, 3.05) is 0 Å². The fraction of sp³-hybridized carbons (Fsp3) is 0.417. The number of hydrogen-bond acceptors (Lipinski definition) is 2. The lowest BCUT2D eigenvalue weighted by Crippen LogP contribution is -2.37. The van der Waals surface area contributed by atoms with E-state index in [9.17, 15) is 0 Å². The van der Waals surface area contributed by atoms with Crippen LogP contribution in [-0.2, 0) is 0 Å². The van der Waals surface area contributed by atoms with Gasteiger partial charge in [0.05, 0.1) is 6.07 Å². The molecule has 1 nitrogen and oxygen atoms in total. The number of hydrogen-bond donors (Lipinski definition) is 0. The molecule has 0 fully saturated rings. The summed E-state index contributed by atoms with van der Waals surface area (Å²) in [6.45, 7) is 4.72. The number of nitrogens with zero attached hydrogens (tertiary/aromatic N) is 1. The summed E-state index contributed by atoms with van der Waals surface area (Å²) in [6.07, 6.45) is 4.95. The minimum atomic E-state index is -1.33. The second kappa shape index (κ2) is 5.89. The average Bonchev–Trinajstić information content (AvgIpc) is 2.70. The standard InChI is InChI=1S/C12H17NSSi/c1-15(2,12-8-7-10-14-12)11-6-4-3-5-9-13/h6-8,10-11H,3-5H2,1-2H3/b11-6+. The lowest BCUT2D eigenvalue weighted by atomic mass is 10.2. The summed E-state index contributed by atoms with van der Waals surface area (Å²) in [4.78, 5) is 0. The van der Waals surface area contributed by atoms with E-state index in [2.05, 4.69) is 48.5 Å². The van der Waals surface area contributed by atoms with Gasteiger partial charge in [-0.05, 0) is 22.7 Å². The van der Waals surface area contributed by atoms with E-state index >= 15 is 0 Å². The van der Waals surface area contributed by atoms with Crippen molar-refractivity contribution in [1.82, 2.24) is 0 Å². The van der Waals surface area contributed by atoms with Crippen molar-refractivity contribution < 1.29 is 0 Å². The largest absolute Gasteiger partial charge is 0.198 e. The predicted octanol–water partition coefficient (Wildman–Crippen LogP) is 3.45. The minimum Gasteiger partial charge on any atom is -0.198 e. The van der Waals surface area contributed by atoms with Crippen LogP contribution in [-0.4, -0.2) is 8.07 Å². The van der Waals surface area contributed by atoms with Crippen LogP contribution in [0.2, 0.25) is 13.1 Å². The summed E-state index contributed by atoms with van der Waals surface area (Å²) in [5, 5.41) is 10.6. The van der Waals surface area contributed by atoms with E-state index in [0.29, 0.717) is 6.42 Å². The van der Waals surface area contributed by atoms with Crippen LogP contribution in [0.4, 0.5) is 0 Å². The molecule has 1 rings (SSSR count). The second-order valence-corrected chi connectivity index (χ2v) is 9.78. The molecule has 0 atom stereocenters. The Kier molecular flexibility index (Phi) is 4.80. The number of thiophene rings is 1. The molecular formula is C12H17NSSi. The quantitative estimate of drug-likeness (QED) is 0.566. The zero-order chi connectivity index (χ0) is 11.1. The molecule has 15 heavy (non-hydrogen) atoms. The first-order valence-corrected chi connectivity index (χ1v) is 9.21. The molecule has 0 aromatic carbocycles. The van der Waals surface area contributed by atoms with Gasteiger partial charge in [-0.25, -0.2) is 0 Å². The maximum Gasteiger partial charge on any atom is 0.116 e. The van der Waals surface area contributed by atoms with E-state index in [1.165, 1.54) is 4.50 Å². The summed E-state index contributed by atoms with van der Waals surface area (Å²) >= 11 is 1.86. The highest BCUT2D eigenvalue weighted by molar-refractivity contribution is 7.26. The summed E-state index contributed by atoms with van der Waals surface area (Å²) in [5.41, 5.74) is 2.39. The predicted molar refractivity (Wildman–Crippen MR) is 70.0 cm³/mol. The fourth-order valence-corrected chi connectivity index (χ4v) is 4.93. The molecule has 0 spiro atoms. The van der Waals surface area contributed by atoms with Crippen molar-refractivity contribution in [3.05, 3.63) is 29.3 Å². The summed E-state index contributed by atoms with van der Waals surface area (Å²) in [7, 11) is -1.33. The lowest BCUT2D eigenvalue weighted by Gasteiger charge is -2.15. The SMILES string of the molecule is C[Si](C)(/C=C/CCCC#N)c1cccs1. The Labute approximate surface area is 97.1 Å². The van der Waals surface area contributed by atoms with Gasteiger partial charge < -0.3 is 0 Å². The van der Waals surface area contributed by atoms with Gasteiger partial charge in [0.15, 0.2) is 0 Å². The molecule has 0 N–H and O–H groups in total. The molecule has 1 heterocycles. The summed E-state index contributed by atoms with van der Waals surface area (Å²) < 4.78 is 1.53. The van der Waals surface area contributed by atoms with Gasteiger partial charge >= 0.3 is 0 Å². The van der Waals surface area contributed by atoms with Crippen LogP contribution >= 0.6 is 11.3 Å². The Morgan fingerprint density at radius 1 is 1.53 bits per heavy atom. The van der Waals surface area contributed by atoms with E-state index in [1.54, 1.807) is 0 Å². The van der Waals surface area contributed by atoms with Crippen molar-refractivity contribution in [2.45, 2.75) is 32.4 Å². The van der Waals surface area contributed by atoms with E-state index in [4.69, 9.17) is 5.26 Å². The van der Waals surface area contributed by atoms with Gasteiger partial charge in [0.1, 0.15) is 8.07 Å². The van der Waals surface area contributed by atoms with Gasteiger partial charge in [0.25, 0.3) is 0 Å². The molecule has 0 aliphatic carbocycles. The van der Waals surface area contributed by atoms with E-state index < -0.39 is 8.07 Å². The highest BCUT2D eigenvalue weighted by Crippen LogP contribution is 2.10. The van der Waals surface area contributed by atoms with Crippen LogP contribution in [0, 0.1) is 11.3 Å². The number of rotatable bonds is 5. The van der Waals surface area contributed by atoms with Crippen LogP contribution in [0.1, 0.15) is 19.3 Å². The molecule has 0 unspecified atom stereocenters. The van der Waals surface area contributed by atoms with Crippen molar-refractivity contribution in [3.8, 4) is 6.07 Å². The second-order valence-electron chi connectivity index (χ2n) is 4.15. The smallest absolute Gasteiger partial charge is 0.116 e. The molecule has 0 radical (unpaired) electrons. The molecule has 0 bridgehead atoms. The molecule has 0 saturated heterocycles. The Bertz CT molecular complexity index is 346. The maximum absolute atomic E-state index is 8.41. The Morgan fingerprint density at radius 3 is 2.93 bits per heavy atom. The Hall–Kier alpha value is -0.853. The van der Waals surface area contributed by atoms with Crippen LogP contribution in [0.25, 0.3) is 0 Å². The van der Waals surface area contributed by atoms with Crippen LogP contribution in [0.3, 0.4) is 0 Å². The normalized spacial score (nSPS) is 11.8. The van der Waals surface area contributed by atoms with Gasteiger partial charge in [0.2, 0.25) is 0 Å². The molecule has 0 amide bonds. The van der Waals surface area contributed by atoms with Gasteiger partial charge in [-0.15, -0.1) is 0 Å². The average molecular weight is 235 g/mol. The number of unbranched alkanes of at least 4 members (excludes halogenated alkanes) is 2. The Balaban J connectivity index is 2.46. The summed E-state index contributed by atoms with van der Waals surface area (Å²) in [5.74, 6) is 0. The van der Waals surface area contributed by atoms with Crippen molar-refractivity contribution >= 4 is 23.9 Å². The van der Waals surface area contributed by atoms with E-state index in [0.717, 1.165) is 12.8 Å². The van der Waals surface area contributed by atoms with Crippen molar-refractivity contribution in [2.24, 2.45) is 0 Å². The topological polar surface area (TPSA) is 23.8 Å². The highest BCUT2D eigenvalue weighted by atomic mass is 32.1.